The number of nitrogens with zero attached hydrogens (tertiary/aromatic N) is 1. The first kappa shape index (κ1) is 11.7. The van der Waals surface area contributed by atoms with Crippen molar-refractivity contribution in [1.29, 1.82) is 0 Å². The first-order valence-corrected chi connectivity index (χ1v) is 4.10. The van der Waals surface area contributed by atoms with Crippen LogP contribution in [0, 0.1) is 0 Å². The number of hydrogen-bond donors (Lipinski definition) is 3. The minimum atomic E-state index is -1.75. The lowest BCUT2D eigenvalue weighted by molar-refractivity contribution is -0.144. The molecule has 1 atom stereocenters. The van der Waals surface area contributed by atoms with Gasteiger partial charge >= 0.3 is 18.0 Å². The molecule has 0 aromatic heterocycles. The molecule has 0 bridgehead atoms. The van der Waals surface area contributed by atoms with Gasteiger partial charge in [-0.15, -0.1) is 0 Å². The Morgan fingerprint density at radius 1 is 1.38 bits per heavy atom. The SMILES string of the molecule is C=C(C(=O)O)C(C(=O)O)N1CC(=O)NC1=O. The van der Waals surface area contributed by atoms with Crippen LogP contribution in [0.5, 0.6) is 0 Å². The average molecular weight is 228 g/mol. The van der Waals surface area contributed by atoms with Gasteiger partial charge in [0.25, 0.3) is 0 Å². The van der Waals surface area contributed by atoms with Crippen LogP contribution in [0.4, 0.5) is 4.79 Å². The summed E-state index contributed by atoms with van der Waals surface area (Å²) in [5, 5.41) is 19.3. The summed E-state index contributed by atoms with van der Waals surface area (Å²) in [6, 6.07) is -2.69. The van der Waals surface area contributed by atoms with Gasteiger partial charge in [0.2, 0.25) is 5.91 Å². The lowest BCUT2D eigenvalue weighted by atomic mass is 10.1. The molecule has 86 valence electrons. The van der Waals surface area contributed by atoms with Gasteiger partial charge in [-0.05, 0) is 0 Å². The third kappa shape index (κ3) is 2.00. The molecular weight excluding hydrogens is 220 g/mol. The molecule has 1 aliphatic heterocycles. The number of nitrogens with one attached hydrogen (secondary N) is 1. The van der Waals surface area contributed by atoms with Crippen LogP contribution in [0.2, 0.25) is 0 Å². The van der Waals surface area contributed by atoms with Gasteiger partial charge in [0.15, 0.2) is 6.04 Å². The molecule has 0 aliphatic carbocycles. The second-order valence-electron chi connectivity index (χ2n) is 3.05. The zero-order valence-electron chi connectivity index (χ0n) is 7.97. The van der Waals surface area contributed by atoms with Crippen LogP contribution in [-0.2, 0) is 14.4 Å². The first-order valence-electron chi connectivity index (χ1n) is 4.10. The molecule has 8 nitrogen and oxygen atoms in total. The summed E-state index contributed by atoms with van der Waals surface area (Å²) in [6.45, 7) is 2.57. The topological polar surface area (TPSA) is 124 Å². The van der Waals surface area contributed by atoms with Gasteiger partial charge in [-0.1, -0.05) is 6.58 Å². The molecule has 3 N–H and O–H groups in total. The highest BCUT2D eigenvalue weighted by atomic mass is 16.4. The Bertz CT molecular complexity index is 401. The van der Waals surface area contributed by atoms with Crippen LogP contribution in [0.15, 0.2) is 12.2 Å². The molecule has 0 aromatic rings. The number of rotatable bonds is 4. The molecule has 1 unspecified atom stereocenters. The predicted molar refractivity (Wildman–Crippen MR) is 48.4 cm³/mol. The fourth-order valence-electron chi connectivity index (χ4n) is 1.25. The van der Waals surface area contributed by atoms with E-state index in [4.69, 9.17) is 10.2 Å². The van der Waals surface area contributed by atoms with E-state index in [1.165, 1.54) is 0 Å². The summed E-state index contributed by atoms with van der Waals surface area (Å²) < 4.78 is 0. The smallest absolute Gasteiger partial charge is 0.333 e. The average Bonchev–Trinajstić information content (AvgIpc) is 2.45. The molecule has 1 heterocycles. The maximum atomic E-state index is 11.2. The van der Waals surface area contributed by atoms with Gasteiger partial charge in [0.05, 0.1) is 5.57 Å². The lowest BCUT2D eigenvalue weighted by Gasteiger charge is -2.21. The molecule has 1 aliphatic rings. The summed E-state index contributed by atoms with van der Waals surface area (Å²) in [5.74, 6) is -3.79. The van der Waals surface area contributed by atoms with Crippen molar-refractivity contribution in [3.63, 3.8) is 0 Å². The number of aliphatic carboxylic acids is 2. The van der Waals surface area contributed by atoms with Crippen LogP contribution in [0.3, 0.4) is 0 Å². The third-order valence-corrected chi connectivity index (χ3v) is 1.97. The standard InChI is InChI=1S/C8H8N2O6/c1-3(6(12)13)5(7(14)15)10-2-4(11)9-8(10)16/h5H,1-2H2,(H,12,13)(H,14,15)(H,9,11,16). The molecule has 8 heteroatoms. The molecule has 0 saturated carbocycles. The Balaban J connectivity index is 3.00. The van der Waals surface area contributed by atoms with Crippen LogP contribution in [0.25, 0.3) is 0 Å². The number of carbonyl (C=O) groups excluding carboxylic acids is 2. The molecule has 1 fully saturated rings. The van der Waals surface area contributed by atoms with E-state index in [1.54, 1.807) is 0 Å². The van der Waals surface area contributed by atoms with E-state index in [2.05, 4.69) is 6.58 Å². The van der Waals surface area contributed by atoms with E-state index in [1.807, 2.05) is 5.32 Å². The number of carboxylic acids is 2. The van der Waals surface area contributed by atoms with E-state index >= 15 is 0 Å². The van der Waals surface area contributed by atoms with Gasteiger partial charge < -0.3 is 10.2 Å². The van der Waals surface area contributed by atoms with E-state index in [0.717, 1.165) is 0 Å². The van der Waals surface area contributed by atoms with Crippen LogP contribution in [-0.4, -0.2) is 51.6 Å². The number of urea groups is 1. The maximum Gasteiger partial charge on any atom is 0.333 e. The molecule has 1 saturated heterocycles. The van der Waals surface area contributed by atoms with Crippen LogP contribution < -0.4 is 5.32 Å². The van der Waals surface area contributed by atoms with Gasteiger partial charge in [-0.3, -0.25) is 15.0 Å². The van der Waals surface area contributed by atoms with Crippen LogP contribution in [0.1, 0.15) is 0 Å². The van der Waals surface area contributed by atoms with Gasteiger partial charge in [0.1, 0.15) is 6.54 Å². The summed E-state index contributed by atoms with van der Waals surface area (Å²) in [4.78, 5) is 44.0. The fraction of sp³-hybridized carbons (Fsp3) is 0.250. The second-order valence-corrected chi connectivity index (χ2v) is 3.05. The lowest BCUT2D eigenvalue weighted by Crippen LogP contribution is -2.45. The highest BCUT2D eigenvalue weighted by Gasteiger charge is 2.40. The third-order valence-electron chi connectivity index (χ3n) is 1.97. The first-order chi connectivity index (χ1) is 7.34. The van der Waals surface area contributed by atoms with E-state index < -0.39 is 42.0 Å². The van der Waals surface area contributed by atoms with Crippen molar-refractivity contribution in [3.05, 3.63) is 12.2 Å². The summed E-state index contributed by atoms with van der Waals surface area (Å²) in [6.07, 6.45) is 0. The van der Waals surface area contributed by atoms with Crippen molar-refractivity contribution in [1.82, 2.24) is 10.2 Å². The number of imide groups is 1. The molecular formula is C8H8N2O6. The Morgan fingerprint density at radius 2 is 1.94 bits per heavy atom. The zero-order valence-corrected chi connectivity index (χ0v) is 7.97. The quantitative estimate of drug-likeness (QED) is 0.403. The molecule has 16 heavy (non-hydrogen) atoms. The van der Waals surface area contributed by atoms with Gasteiger partial charge in [-0.2, -0.15) is 0 Å². The Morgan fingerprint density at radius 3 is 2.25 bits per heavy atom. The number of carboxylic acid groups (broad SMARTS) is 2. The fourth-order valence-corrected chi connectivity index (χ4v) is 1.25. The van der Waals surface area contributed by atoms with Gasteiger partial charge in [0, 0.05) is 0 Å². The van der Waals surface area contributed by atoms with Crippen molar-refractivity contribution in [2.24, 2.45) is 0 Å². The van der Waals surface area contributed by atoms with Gasteiger partial charge in [-0.25, -0.2) is 14.4 Å². The van der Waals surface area contributed by atoms with E-state index in [-0.39, 0.29) is 0 Å². The van der Waals surface area contributed by atoms with Crippen molar-refractivity contribution in [2.45, 2.75) is 6.04 Å². The van der Waals surface area contributed by atoms with Crippen molar-refractivity contribution >= 4 is 23.9 Å². The summed E-state index contributed by atoms with van der Waals surface area (Å²) in [5.41, 5.74) is -0.683. The van der Waals surface area contributed by atoms with Crippen molar-refractivity contribution in [2.75, 3.05) is 6.54 Å². The largest absolute Gasteiger partial charge is 0.479 e. The highest BCUT2D eigenvalue weighted by Crippen LogP contribution is 2.13. The normalized spacial score (nSPS) is 16.9. The second kappa shape index (κ2) is 4.01. The highest BCUT2D eigenvalue weighted by molar-refractivity contribution is 6.06. The molecule has 3 amide bonds. The zero-order chi connectivity index (χ0) is 12.5. The molecule has 0 radical (unpaired) electrons. The molecule has 0 aromatic carbocycles. The number of amides is 3. The Labute approximate surface area is 89.1 Å². The Kier molecular flexibility index (Phi) is 2.93. The maximum absolute atomic E-state index is 11.2. The van der Waals surface area contributed by atoms with Crippen molar-refractivity contribution in [3.8, 4) is 0 Å². The monoisotopic (exact) mass is 228 g/mol. The van der Waals surface area contributed by atoms with Crippen molar-refractivity contribution < 1.29 is 29.4 Å². The number of hydrogen-bond acceptors (Lipinski definition) is 4. The summed E-state index contributed by atoms with van der Waals surface area (Å²) >= 11 is 0. The Hall–Kier alpha value is -2.38. The molecule has 1 rings (SSSR count). The van der Waals surface area contributed by atoms with Crippen LogP contribution >= 0.6 is 0 Å². The minimum absolute atomic E-state index is 0.498. The number of carbonyl (C=O) groups is 4. The van der Waals surface area contributed by atoms with E-state index in [9.17, 15) is 19.2 Å². The minimum Gasteiger partial charge on any atom is -0.479 e. The summed E-state index contributed by atoms with van der Waals surface area (Å²) in [7, 11) is 0. The van der Waals surface area contributed by atoms with E-state index in [0.29, 0.717) is 4.90 Å². The molecule has 0 spiro atoms. The predicted octanol–water partition coefficient (Wildman–Crippen LogP) is -1.37.